The zero-order valence-electron chi connectivity index (χ0n) is 10.0. The molecule has 0 spiro atoms. The third-order valence-corrected chi connectivity index (χ3v) is 3.23. The summed E-state index contributed by atoms with van der Waals surface area (Å²) in [6.07, 6.45) is 0. The van der Waals surface area contributed by atoms with E-state index in [0.717, 1.165) is 13.2 Å². The molecule has 1 aliphatic heterocycles. The average Bonchev–Trinajstić information content (AvgIpc) is 2.65. The van der Waals surface area contributed by atoms with Crippen LogP contribution in [0.4, 0.5) is 5.69 Å². The van der Waals surface area contributed by atoms with Crippen molar-refractivity contribution in [2.45, 2.75) is 13.0 Å². The third kappa shape index (κ3) is 2.54. The largest absolute Gasteiger partial charge is 0.379 e. The van der Waals surface area contributed by atoms with Gasteiger partial charge in [-0.15, -0.1) is 0 Å². The van der Waals surface area contributed by atoms with Gasteiger partial charge in [-0.3, -0.25) is 0 Å². The fourth-order valence-corrected chi connectivity index (χ4v) is 2.06. The van der Waals surface area contributed by atoms with Crippen LogP contribution in [0.5, 0.6) is 0 Å². The minimum Gasteiger partial charge on any atom is -0.379 e. The Bertz CT molecular complexity index is 336. The molecule has 3 nitrogen and oxygen atoms in total. The number of anilines is 1. The molecule has 1 aromatic carbocycles. The summed E-state index contributed by atoms with van der Waals surface area (Å²) in [4.78, 5) is 2.25. The van der Waals surface area contributed by atoms with Crippen LogP contribution in [-0.2, 0) is 4.74 Å². The first-order chi connectivity index (χ1) is 7.66. The van der Waals surface area contributed by atoms with E-state index in [0.29, 0.717) is 12.5 Å². The van der Waals surface area contributed by atoms with Gasteiger partial charge in [-0.05, 0) is 19.1 Å². The van der Waals surface area contributed by atoms with Crippen molar-refractivity contribution in [3.63, 3.8) is 0 Å². The summed E-state index contributed by atoms with van der Waals surface area (Å²) in [6.45, 7) is 4.55. The summed E-state index contributed by atoms with van der Waals surface area (Å²) < 4.78 is 5.37. The van der Waals surface area contributed by atoms with Crippen LogP contribution in [0.1, 0.15) is 5.56 Å². The molecule has 1 fully saturated rings. The van der Waals surface area contributed by atoms with Crippen LogP contribution in [-0.4, -0.2) is 32.8 Å². The van der Waals surface area contributed by atoms with Gasteiger partial charge in [0.25, 0.3) is 0 Å². The summed E-state index contributed by atoms with van der Waals surface area (Å²) in [5.41, 5.74) is 8.51. The second-order valence-corrected chi connectivity index (χ2v) is 4.68. The quantitative estimate of drug-likeness (QED) is 0.837. The predicted molar refractivity (Wildman–Crippen MR) is 66.7 cm³/mol. The molecular formula is C13H20N2O. The van der Waals surface area contributed by atoms with Crippen molar-refractivity contribution >= 4 is 5.69 Å². The van der Waals surface area contributed by atoms with Crippen molar-refractivity contribution in [1.82, 2.24) is 0 Å². The molecule has 0 radical (unpaired) electrons. The van der Waals surface area contributed by atoms with Crippen LogP contribution < -0.4 is 10.6 Å². The standard InChI is InChI=1S/C13H20N2O/c1-10-3-5-12(6-4-10)15(2)7-11-8-16-9-13(11)14/h3-6,11,13H,7-9,14H2,1-2H3. The van der Waals surface area contributed by atoms with Crippen molar-refractivity contribution in [2.75, 3.05) is 31.7 Å². The van der Waals surface area contributed by atoms with E-state index in [1.54, 1.807) is 0 Å². The number of nitrogens with zero attached hydrogens (tertiary/aromatic N) is 1. The molecule has 0 aromatic heterocycles. The average molecular weight is 220 g/mol. The number of nitrogens with two attached hydrogens (primary N) is 1. The summed E-state index contributed by atoms with van der Waals surface area (Å²) in [7, 11) is 2.11. The van der Waals surface area contributed by atoms with Gasteiger partial charge in [0.1, 0.15) is 0 Å². The lowest BCUT2D eigenvalue weighted by molar-refractivity contribution is 0.185. The second kappa shape index (κ2) is 4.85. The minimum atomic E-state index is 0.188. The first kappa shape index (κ1) is 11.4. The van der Waals surface area contributed by atoms with Crippen LogP contribution in [0.15, 0.2) is 24.3 Å². The van der Waals surface area contributed by atoms with E-state index >= 15 is 0 Å². The first-order valence-electron chi connectivity index (χ1n) is 5.78. The van der Waals surface area contributed by atoms with Crippen molar-refractivity contribution in [2.24, 2.45) is 11.7 Å². The number of ether oxygens (including phenoxy) is 1. The highest BCUT2D eigenvalue weighted by Crippen LogP contribution is 2.18. The van der Waals surface area contributed by atoms with Crippen LogP contribution in [0.3, 0.4) is 0 Å². The Morgan fingerprint density at radius 2 is 2.00 bits per heavy atom. The monoisotopic (exact) mass is 220 g/mol. The van der Waals surface area contributed by atoms with E-state index < -0.39 is 0 Å². The van der Waals surface area contributed by atoms with Crippen molar-refractivity contribution in [3.05, 3.63) is 29.8 Å². The number of hydrogen-bond acceptors (Lipinski definition) is 3. The van der Waals surface area contributed by atoms with E-state index in [1.165, 1.54) is 11.3 Å². The molecule has 16 heavy (non-hydrogen) atoms. The SMILES string of the molecule is Cc1ccc(N(C)CC2COCC2N)cc1. The van der Waals surface area contributed by atoms with E-state index in [4.69, 9.17) is 10.5 Å². The fraction of sp³-hybridized carbons (Fsp3) is 0.538. The maximum Gasteiger partial charge on any atom is 0.0621 e. The molecule has 0 saturated carbocycles. The third-order valence-electron chi connectivity index (χ3n) is 3.23. The molecule has 1 saturated heterocycles. The molecule has 2 unspecified atom stereocenters. The van der Waals surface area contributed by atoms with Gasteiger partial charge in [-0.25, -0.2) is 0 Å². The number of hydrogen-bond donors (Lipinski definition) is 1. The molecule has 0 bridgehead atoms. The van der Waals surface area contributed by atoms with Crippen molar-refractivity contribution in [3.8, 4) is 0 Å². The Hall–Kier alpha value is -1.06. The Morgan fingerprint density at radius 1 is 1.31 bits per heavy atom. The Labute approximate surface area is 97.2 Å². The maximum atomic E-state index is 5.98. The molecule has 0 aliphatic carbocycles. The zero-order chi connectivity index (χ0) is 11.5. The van der Waals surface area contributed by atoms with Crippen molar-refractivity contribution in [1.29, 1.82) is 0 Å². The molecule has 88 valence electrons. The highest BCUT2D eigenvalue weighted by atomic mass is 16.5. The summed E-state index contributed by atoms with van der Waals surface area (Å²) in [6, 6.07) is 8.76. The van der Waals surface area contributed by atoms with Crippen molar-refractivity contribution < 1.29 is 4.74 Å². The molecule has 2 rings (SSSR count). The molecule has 1 aromatic rings. The fourth-order valence-electron chi connectivity index (χ4n) is 2.06. The Balaban J connectivity index is 1.97. The summed E-state index contributed by atoms with van der Waals surface area (Å²) in [5.74, 6) is 0.450. The van der Waals surface area contributed by atoms with E-state index in [9.17, 15) is 0 Å². The second-order valence-electron chi connectivity index (χ2n) is 4.68. The highest BCUT2D eigenvalue weighted by Gasteiger charge is 2.25. The predicted octanol–water partition coefficient (Wildman–Crippen LogP) is 1.40. The Morgan fingerprint density at radius 3 is 2.56 bits per heavy atom. The molecule has 0 amide bonds. The van der Waals surface area contributed by atoms with Crippen LogP contribution in [0.25, 0.3) is 0 Å². The van der Waals surface area contributed by atoms with Gasteiger partial charge in [-0.2, -0.15) is 0 Å². The number of rotatable bonds is 3. The van der Waals surface area contributed by atoms with Gasteiger partial charge in [0.2, 0.25) is 0 Å². The maximum absolute atomic E-state index is 5.98. The lowest BCUT2D eigenvalue weighted by Crippen LogP contribution is -2.36. The van der Waals surface area contributed by atoms with Gasteiger partial charge in [0.15, 0.2) is 0 Å². The summed E-state index contributed by atoms with van der Waals surface area (Å²) >= 11 is 0. The smallest absolute Gasteiger partial charge is 0.0621 e. The van der Waals surface area contributed by atoms with Crippen LogP contribution in [0.2, 0.25) is 0 Å². The molecule has 2 N–H and O–H groups in total. The van der Waals surface area contributed by atoms with E-state index in [2.05, 4.69) is 43.1 Å². The summed E-state index contributed by atoms with van der Waals surface area (Å²) in [5, 5.41) is 0. The lowest BCUT2D eigenvalue weighted by Gasteiger charge is -2.24. The van der Waals surface area contributed by atoms with Crippen LogP contribution in [0, 0.1) is 12.8 Å². The first-order valence-corrected chi connectivity index (χ1v) is 5.78. The van der Waals surface area contributed by atoms with Gasteiger partial charge in [-0.1, -0.05) is 17.7 Å². The van der Waals surface area contributed by atoms with Gasteiger partial charge < -0.3 is 15.4 Å². The topological polar surface area (TPSA) is 38.5 Å². The van der Waals surface area contributed by atoms with E-state index in [-0.39, 0.29) is 6.04 Å². The number of aryl methyl sites for hydroxylation is 1. The molecule has 3 heteroatoms. The van der Waals surface area contributed by atoms with Gasteiger partial charge in [0.05, 0.1) is 13.2 Å². The van der Waals surface area contributed by atoms with Gasteiger partial charge in [0, 0.05) is 31.2 Å². The number of benzene rings is 1. The highest BCUT2D eigenvalue weighted by molar-refractivity contribution is 5.46. The normalized spacial score (nSPS) is 24.7. The van der Waals surface area contributed by atoms with E-state index in [1.807, 2.05) is 0 Å². The molecular weight excluding hydrogens is 200 g/mol. The Kier molecular flexibility index (Phi) is 3.46. The lowest BCUT2D eigenvalue weighted by atomic mass is 10.0. The van der Waals surface area contributed by atoms with Crippen LogP contribution >= 0.6 is 0 Å². The molecule has 1 aliphatic rings. The molecule has 2 atom stereocenters. The molecule has 1 heterocycles. The zero-order valence-corrected chi connectivity index (χ0v) is 10.0. The van der Waals surface area contributed by atoms with Gasteiger partial charge >= 0.3 is 0 Å². The minimum absolute atomic E-state index is 0.188.